The highest BCUT2D eigenvalue weighted by atomic mass is 16.5. The Morgan fingerprint density at radius 1 is 1.04 bits per heavy atom. The van der Waals surface area contributed by atoms with Gasteiger partial charge in [-0.1, -0.05) is 30.3 Å². The zero-order valence-electron chi connectivity index (χ0n) is 14.8. The molecule has 0 heterocycles. The molecular formula is C20H23NO5. The predicted molar refractivity (Wildman–Crippen MR) is 97.3 cm³/mol. The quantitative estimate of drug-likeness (QED) is 0.674. The zero-order valence-corrected chi connectivity index (χ0v) is 14.8. The van der Waals surface area contributed by atoms with E-state index < -0.39 is 17.9 Å². The molecule has 0 aliphatic heterocycles. The average molecular weight is 357 g/mol. The number of carbonyl (C=O) groups is 2. The number of ether oxygens (including phenoxy) is 2. The molecule has 0 aliphatic rings. The zero-order chi connectivity index (χ0) is 18.9. The lowest BCUT2D eigenvalue weighted by Gasteiger charge is -2.23. The molecule has 2 unspecified atom stereocenters. The van der Waals surface area contributed by atoms with Gasteiger partial charge in [0, 0.05) is 12.7 Å². The molecular weight excluding hydrogens is 334 g/mol. The third-order valence-corrected chi connectivity index (χ3v) is 4.01. The molecule has 0 aromatic heterocycles. The Morgan fingerprint density at radius 2 is 1.69 bits per heavy atom. The molecule has 0 saturated heterocycles. The molecule has 138 valence electrons. The fourth-order valence-corrected chi connectivity index (χ4v) is 2.47. The van der Waals surface area contributed by atoms with Crippen molar-refractivity contribution in [2.24, 2.45) is 5.92 Å². The summed E-state index contributed by atoms with van der Waals surface area (Å²) in [5, 5.41) is 12.2. The van der Waals surface area contributed by atoms with Gasteiger partial charge < -0.3 is 19.9 Å². The molecule has 6 heteroatoms. The van der Waals surface area contributed by atoms with E-state index in [-0.39, 0.29) is 5.91 Å². The fraction of sp³-hybridized carbons (Fsp3) is 0.300. The summed E-state index contributed by atoms with van der Waals surface area (Å²) in [7, 11) is 1.60. The van der Waals surface area contributed by atoms with Crippen molar-refractivity contribution >= 4 is 11.9 Å². The minimum absolute atomic E-state index is 0.338. The van der Waals surface area contributed by atoms with Crippen LogP contribution in [0.4, 0.5) is 0 Å². The number of carboxylic acid groups (broad SMARTS) is 1. The first-order valence-corrected chi connectivity index (χ1v) is 8.33. The van der Waals surface area contributed by atoms with Gasteiger partial charge in [0.15, 0.2) is 0 Å². The fourth-order valence-electron chi connectivity index (χ4n) is 2.47. The van der Waals surface area contributed by atoms with Gasteiger partial charge in [-0.25, -0.2) is 0 Å². The first-order chi connectivity index (χ1) is 12.5. The van der Waals surface area contributed by atoms with E-state index in [2.05, 4.69) is 5.32 Å². The van der Waals surface area contributed by atoms with Crippen LogP contribution in [0.1, 0.15) is 28.9 Å². The summed E-state index contributed by atoms with van der Waals surface area (Å²) in [5.74, 6) is -1.44. The predicted octanol–water partition coefficient (Wildman–Crippen LogP) is 2.90. The molecule has 6 nitrogen and oxygen atoms in total. The summed E-state index contributed by atoms with van der Waals surface area (Å²) in [6, 6.07) is 15.1. The second kappa shape index (κ2) is 9.58. The highest BCUT2D eigenvalue weighted by Gasteiger charge is 2.27. The third kappa shape index (κ3) is 5.32. The number of methoxy groups -OCH3 is 1. The number of benzene rings is 2. The van der Waals surface area contributed by atoms with Gasteiger partial charge in [-0.05, 0) is 36.8 Å². The van der Waals surface area contributed by atoms with Gasteiger partial charge in [-0.2, -0.15) is 0 Å². The van der Waals surface area contributed by atoms with Crippen molar-refractivity contribution in [3.05, 3.63) is 65.7 Å². The molecule has 1 amide bonds. The van der Waals surface area contributed by atoms with Gasteiger partial charge in [0.2, 0.25) is 0 Å². The Kier molecular flexibility index (Phi) is 7.17. The van der Waals surface area contributed by atoms with Crippen LogP contribution in [0.3, 0.4) is 0 Å². The van der Waals surface area contributed by atoms with Crippen molar-refractivity contribution in [1.82, 2.24) is 5.32 Å². The van der Waals surface area contributed by atoms with Crippen molar-refractivity contribution in [3.63, 3.8) is 0 Å². The maximum Gasteiger partial charge on any atom is 0.308 e. The van der Waals surface area contributed by atoms with Gasteiger partial charge in [0.1, 0.15) is 12.4 Å². The Hall–Kier alpha value is -2.86. The molecule has 2 atom stereocenters. The van der Waals surface area contributed by atoms with Crippen LogP contribution in [0.25, 0.3) is 0 Å². The highest BCUT2D eigenvalue weighted by molar-refractivity contribution is 5.94. The number of carbonyl (C=O) groups excluding carboxylic acids is 1. The SMILES string of the molecule is COCCOc1ccc(C(=O)NC(c2ccccc2)C(C)C(=O)O)cc1. The number of hydrogen-bond donors (Lipinski definition) is 2. The maximum absolute atomic E-state index is 12.6. The number of amides is 1. The van der Waals surface area contributed by atoms with E-state index in [0.717, 1.165) is 5.56 Å². The van der Waals surface area contributed by atoms with E-state index in [1.165, 1.54) is 0 Å². The topological polar surface area (TPSA) is 84.9 Å². The van der Waals surface area contributed by atoms with Crippen LogP contribution < -0.4 is 10.1 Å². The number of rotatable bonds is 9. The summed E-state index contributed by atoms with van der Waals surface area (Å²) < 4.78 is 10.4. The molecule has 2 aromatic rings. The Bertz CT molecular complexity index is 715. The summed E-state index contributed by atoms with van der Waals surface area (Å²) in [4.78, 5) is 24.0. The van der Waals surface area contributed by atoms with E-state index in [4.69, 9.17) is 9.47 Å². The Balaban J connectivity index is 2.10. The minimum Gasteiger partial charge on any atom is -0.491 e. The van der Waals surface area contributed by atoms with E-state index in [1.54, 1.807) is 50.4 Å². The van der Waals surface area contributed by atoms with Crippen LogP contribution in [-0.2, 0) is 9.53 Å². The molecule has 0 spiro atoms. The standard InChI is InChI=1S/C20H23NO5/c1-14(20(23)24)18(15-6-4-3-5-7-15)21-19(22)16-8-10-17(11-9-16)26-13-12-25-2/h3-11,14,18H,12-13H2,1-2H3,(H,21,22)(H,23,24). The Morgan fingerprint density at radius 3 is 2.27 bits per heavy atom. The van der Waals surface area contributed by atoms with Gasteiger partial charge in [0.05, 0.1) is 18.6 Å². The van der Waals surface area contributed by atoms with Crippen LogP contribution >= 0.6 is 0 Å². The van der Waals surface area contributed by atoms with Gasteiger partial charge in [-0.3, -0.25) is 9.59 Å². The normalized spacial score (nSPS) is 12.8. The summed E-state index contributed by atoms with van der Waals surface area (Å²) in [6.45, 7) is 2.48. The van der Waals surface area contributed by atoms with Crippen LogP contribution in [0.5, 0.6) is 5.75 Å². The van der Waals surface area contributed by atoms with Crippen molar-refractivity contribution in [2.75, 3.05) is 20.3 Å². The molecule has 0 bridgehead atoms. The Labute approximate surface area is 152 Å². The smallest absolute Gasteiger partial charge is 0.308 e. The lowest BCUT2D eigenvalue weighted by atomic mass is 9.94. The second-order valence-corrected chi connectivity index (χ2v) is 5.85. The van der Waals surface area contributed by atoms with E-state index >= 15 is 0 Å². The lowest BCUT2D eigenvalue weighted by Crippen LogP contribution is -2.35. The van der Waals surface area contributed by atoms with Crippen molar-refractivity contribution in [2.45, 2.75) is 13.0 Å². The minimum atomic E-state index is -0.971. The van der Waals surface area contributed by atoms with Gasteiger partial charge in [0.25, 0.3) is 5.91 Å². The third-order valence-electron chi connectivity index (χ3n) is 4.01. The summed E-state index contributed by atoms with van der Waals surface area (Å²) in [5.41, 5.74) is 1.18. The summed E-state index contributed by atoms with van der Waals surface area (Å²) in [6.07, 6.45) is 0. The number of hydrogen-bond acceptors (Lipinski definition) is 4. The molecule has 2 aromatic carbocycles. The van der Waals surface area contributed by atoms with Crippen LogP contribution in [0.15, 0.2) is 54.6 Å². The van der Waals surface area contributed by atoms with E-state index in [1.807, 2.05) is 18.2 Å². The number of carboxylic acids is 1. The second-order valence-electron chi connectivity index (χ2n) is 5.85. The van der Waals surface area contributed by atoms with Crippen LogP contribution in [0, 0.1) is 5.92 Å². The van der Waals surface area contributed by atoms with Crippen LogP contribution in [0.2, 0.25) is 0 Å². The van der Waals surface area contributed by atoms with Crippen LogP contribution in [-0.4, -0.2) is 37.3 Å². The molecule has 0 fully saturated rings. The first kappa shape index (κ1) is 19.5. The molecule has 0 radical (unpaired) electrons. The molecule has 2 rings (SSSR count). The van der Waals surface area contributed by atoms with E-state index in [0.29, 0.717) is 24.5 Å². The molecule has 0 saturated carbocycles. The van der Waals surface area contributed by atoms with Gasteiger partial charge >= 0.3 is 5.97 Å². The molecule has 0 aliphatic carbocycles. The first-order valence-electron chi connectivity index (χ1n) is 8.33. The highest BCUT2D eigenvalue weighted by Crippen LogP contribution is 2.23. The number of nitrogens with one attached hydrogen (secondary N) is 1. The average Bonchev–Trinajstić information content (AvgIpc) is 2.66. The van der Waals surface area contributed by atoms with Crippen molar-refractivity contribution in [1.29, 1.82) is 0 Å². The molecule has 2 N–H and O–H groups in total. The largest absolute Gasteiger partial charge is 0.491 e. The monoisotopic (exact) mass is 357 g/mol. The lowest BCUT2D eigenvalue weighted by molar-refractivity contribution is -0.142. The number of aliphatic carboxylic acids is 1. The van der Waals surface area contributed by atoms with Crippen molar-refractivity contribution in [3.8, 4) is 5.75 Å². The summed E-state index contributed by atoms with van der Waals surface area (Å²) >= 11 is 0. The maximum atomic E-state index is 12.6. The van der Waals surface area contributed by atoms with Gasteiger partial charge in [-0.15, -0.1) is 0 Å². The van der Waals surface area contributed by atoms with Crippen molar-refractivity contribution < 1.29 is 24.2 Å². The molecule has 26 heavy (non-hydrogen) atoms. The van der Waals surface area contributed by atoms with E-state index in [9.17, 15) is 14.7 Å².